The Balaban J connectivity index is 0.000000432. The molecule has 4 rings (SSSR count). The second-order valence-corrected chi connectivity index (χ2v) is 8.30. The van der Waals surface area contributed by atoms with E-state index in [2.05, 4.69) is 76.3 Å². The van der Waals surface area contributed by atoms with Crippen LogP contribution in [0.2, 0.25) is 0 Å². The number of phenols is 1. The number of benzene rings is 3. The van der Waals surface area contributed by atoms with Crippen LogP contribution in [0.15, 0.2) is 60.7 Å². The van der Waals surface area contributed by atoms with Crippen molar-refractivity contribution in [3.05, 3.63) is 89.0 Å². The maximum absolute atomic E-state index is 8.99. The van der Waals surface area contributed by atoms with Gasteiger partial charge in [0.15, 0.2) is 0 Å². The molecule has 0 amide bonds. The van der Waals surface area contributed by atoms with Crippen molar-refractivity contribution in [2.24, 2.45) is 0 Å². The van der Waals surface area contributed by atoms with Gasteiger partial charge in [0.1, 0.15) is 5.75 Å². The molecule has 0 fully saturated rings. The maximum Gasteiger partial charge on any atom is 0.116 e. The first-order chi connectivity index (χ1) is 12.4. The first kappa shape index (κ1) is 26.6. The van der Waals surface area contributed by atoms with Gasteiger partial charge in [0.05, 0.1) is 0 Å². The molecule has 0 saturated heterocycles. The second-order valence-electron chi connectivity index (χ2n) is 6.74. The minimum atomic E-state index is 0. The van der Waals surface area contributed by atoms with E-state index < -0.39 is 0 Å². The number of hydrogen-bond acceptors (Lipinski definition) is 1. The third-order valence-electron chi connectivity index (χ3n) is 3.82. The Morgan fingerprint density at radius 1 is 0.893 bits per heavy atom. The molecule has 1 nitrogen and oxygen atoms in total. The van der Waals surface area contributed by atoms with Crippen molar-refractivity contribution in [2.45, 2.75) is 34.1 Å². The van der Waals surface area contributed by atoms with Crippen LogP contribution in [0.3, 0.4) is 0 Å². The number of aromatic hydroxyl groups is 1. The molecule has 1 N–H and O–H groups in total. The Morgan fingerprint density at radius 3 is 2.00 bits per heavy atom. The molecule has 4 heteroatoms. The standard InChI is InChI=1S/C13H9.C8H10O.C3H6.2ClH.Ti/c1-3-7-12-10(5-1)9-11-6-2-4-8-13(11)12;1-6-3-7(2)5-8(9)4-6;1-3-2;;;/h1-5,7-8H,9H2;3-5,9H,1-2H3;1-2H3;2*1H;/q-1;;;;;+1/p-2. The molecule has 0 atom stereocenters. The average Bonchev–Trinajstić information content (AvgIpc) is 2.92. The van der Waals surface area contributed by atoms with E-state index in [4.69, 9.17) is 5.11 Å². The quantitative estimate of drug-likeness (QED) is 0.293. The van der Waals surface area contributed by atoms with Gasteiger partial charge in [0.25, 0.3) is 0 Å². The van der Waals surface area contributed by atoms with Crippen LogP contribution in [0.4, 0.5) is 0 Å². The molecule has 0 unspecified atom stereocenters. The van der Waals surface area contributed by atoms with Crippen LogP contribution >= 0.6 is 0 Å². The van der Waals surface area contributed by atoms with Gasteiger partial charge < -0.3 is 29.9 Å². The molecule has 0 bridgehead atoms. The zero-order chi connectivity index (χ0) is 19.1. The van der Waals surface area contributed by atoms with Gasteiger partial charge >= 0.3 is 37.6 Å². The van der Waals surface area contributed by atoms with Crippen molar-refractivity contribution in [1.29, 1.82) is 0 Å². The van der Waals surface area contributed by atoms with E-state index in [1.54, 1.807) is 12.1 Å². The van der Waals surface area contributed by atoms with Crippen LogP contribution in [0, 0.1) is 19.9 Å². The minimum Gasteiger partial charge on any atom is -1.00 e. The van der Waals surface area contributed by atoms with Crippen LogP contribution in [0.5, 0.6) is 5.75 Å². The smallest absolute Gasteiger partial charge is 0.116 e. The zero-order valence-electron chi connectivity index (χ0n) is 16.7. The third-order valence-corrected chi connectivity index (χ3v) is 3.82. The molecule has 1 aliphatic rings. The molecule has 3 aromatic carbocycles. The topological polar surface area (TPSA) is 20.2 Å². The normalized spacial score (nSPS) is 9.79. The van der Waals surface area contributed by atoms with Crippen molar-refractivity contribution >= 4 is 3.81 Å². The first-order valence-electron chi connectivity index (χ1n) is 8.73. The van der Waals surface area contributed by atoms with Crippen LogP contribution in [-0.2, 0) is 26.4 Å². The number of halogens is 2. The van der Waals surface area contributed by atoms with Crippen molar-refractivity contribution in [1.82, 2.24) is 0 Å². The minimum absolute atomic E-state index is 0. The fourth-order valence-corrected chi connectivity index (χ4v) is 2.95. The molecule has 0 saturated carbocycles. The van der Waals surface area contributed by atoms with E-state index in [1.807, 2.05) is 26.0 Å². The summed E-state index contributed by atoms with van der Waals surface area (Å²) in [6, 6.07) is 23.6. The van der Waals surface area contributed by atoms with Crippen LogP contribution < -0.4 is 24.8 Å². The summed E-state index contributed by atoms with van der Waals surface area (Å²) in [5, 5.41) is 8.99. The van der Waals surface area contributed by atoms with Gasteiger partial charge in [-0.15, -0.1) is 5.56 Å². The van der Waals surface area contributed by atoms with Crippen LogP contribution in [-0.4, -0.2) is 8.92 Å². The van der Waals surface area contributed by atoms with E-state index in [-0.39, 0.29) is 24.8 Å². The predicted molar refractivity (Wildman–Crippen MR) is 107 cm³/mol. The summed E-state index contributed by atoms with van der Waals surface area (Å²) >= 11 is 2.08. The molecular formula is C24H25Cl2OTi-2. The summed E-state index contributed by atoms with van der Waals surface area (Å²) in [6.45, 7) is 8.10. The summed E-state index contributed by atoms with van der Waals surface area (Å²) in [6.07, 6.45) is 1.05. The van der Waals surface area contributed by atoms with Crippen molar-refractivity contribution in [3.8, 4) is 16.9 Å². The fourth-order valence-electron chi connectivity index (χ4n) is 2.95. The van der Waals surface area contributed by atoms with Crippen molar-refractivity contribution < 1.29 is 49.9 Å². The van der Waals surface area contributed by atoms with E-state index in [0.717, 1.165) is 17.5 Å². The summed E-state index contributed by atoms with van der Waals surface area (Å²) in [5.74, 6) is 0.354. The predicted octanol–water partition coefficient (Wildman–Crippen LogP) is -0.180. The molecule has 0 aliphatic heterocycles. The van der Waals surface area contributed by atoms with Gasteiger partial charge in [-0.05, 0) is 43.5 Å². The van der Waals surface area contributed by atoms with E-state index in [0.29, 0.717) is 5.75 Å². The molecule has 0 aromatic heterocycles. The first-order valence-corrected chi connectivity index (χ1v) is 9.51. The van der Waals surface area contributed by atoms with Gasteiger partial charge in [0, 0.05) is 0 Å². The Morgan fingerprint density at radius 2 is 1.43 bits per heavy atom. The van der Waals surface area contributed by atoms with E-state index >= 15 is 0 Å². The molecule has 147 valence electrons. The van der Waals surface area contributed by atoms with Crippen molar-refractivity contribution in [3.63, 3.8) is 0 Å². The van der Waals surface area contributed by atoms with Gasteiger partial charge in [0.2, 0.25) is 0 Å². The van der Waals surface area contributed by atoms with Crippen LogP contribution in [0.1, 0.15) is 36.1 Å². The second kappa shape index (κ2) is 13.0. The van der Waals surface area contributed by atoms with Crippen LogP contribution in [0.25, 0.3) is 11.1 Å². The zero-order valence-corrected chi connectivity index (χ0v) is 19.8. The number of rotatable bonds is 0. The van der Waals surface area contributed by atoms with Gasteiger partial charge in [-0.25, -0.2) is 0 Å². The molecule has 3 aromatic rings. The fraction of sp³-hybridized carbons (Fsp3) is 0.208. The summed E-state index contributed by atoms with van der Waals surface area (Å²) in [5.41, 5.74) is 7.72. The Kier molecular flexibility index (Phi) is 12.3. The summed E-state index contributed by atoms with van der Waals surface area (Å²) in [7, 11) is 0. The molecule has 0 spiro atoms. The largest absolute Gasteiger partial charge is 1.00 e. The monoisotopic (exact) mass is 447 g/mol. The van der Waals surface area contributed by atoms with Gasteiger partial charge in [-0.3, -0.25) is 0 Å². The van der Waals surface area contributed by atoms with Crippen molar-refractivity contribution in [2.75, 3.05) is 0 Å². The molecule has 1 aliphatic carbocycles. The van der Waals surface area contributed by atoms with E-state index in [1.165, 1.54) is 26.1 Å². The molecular weight excluding hydrogens is 423 g/mol. The molecule has 28 heavy (non-hydrogen) atoms. The van der Waals surface area contributed by atoms with E-state index in [9.17, 15) is 0 Å². The Labute approximate surface area is 192 Å². The summed E-state index contributed by atoms with van der Waals surface area (Å²) < 4.78 is 1.42. The number of fused-ring (bicyclic) bond motifs is 3. The number of phenolic OH excluding ortho intramolecular Hbond substituents is 1. The van der Waals surface area contributed by atoms with Gasteiger partial charge in [-0.2, -0.15) is 29.8 Å². The number of aryl methyl sites for hydroxylation is 2. The average molecular weight is 448 g/mol. The Bertz CT molecular complexity index is 809. The molecule has 0 radical (unpaired) electrons. The number of hydrogen-bond donors (Lipinski definition) is 1. The maximum atomic E-state index is 8.99. The Hall–Kier alpha value is -1.38. The SMILES string of the molecule is C[C](C)=[Ti+].Cc1cc(C)cc(O)c1.[Cl-].[Cl-].[c-]1cccc2c1Cc1ccccc1-2. The molecule has 0 heterocycles. The summed E-state index contributed by atoms with van der Waals surface area (Å²) in [4.78, 5) is 0. The third kappa shape index (κ3) is 8.33. The van der Waals surface area contributed by atoms with Gasteiger partial charge in [-0.1, -0.05) is 41.5 Å².